The third-order valence-corrected chi connectivity index (χ3v) is 8.30. The van der Waals surface area contributed by atoms with Crippen LogP contribution < -0.4 is 9.42 Å². The maximum atomic E-state index is 6.57. The molecule has 0 radical (unpaired) electrons. The van der Waals surface area contributed by atoms with Gasteiger partial charge in [0.2, 0.25) is 11.5 Å². The molecule has 3 heterocycles. The summed E-state index contributed by atoms with van der Waals surface area (Å²) in [6, 6.07) is 35.7. The monoisotopic (exact) mass is 654 g/mol. The molecule has 1 aliphatic heterocycles. The van der Waals surface area contributed by atoms with E-state index in [0.29, 0.717) is 40.3 Å². The molecule has 1 saturated heterocycles. The van der Waals surface area contributed by atoms with Gasteiger partial charge in [0.1, 0.15) is 36.4 Å². The topological polar surface area (TPSA) is 67.2 Å². The lowest BCUT2D eigenvalue weighted by molar-refractivity contribution is -0.740. The number of halogens is 2. The Hall–Kier alpha value is -4.47. The summed E-state index contributed by atoms with van der Waals surface area (Å²) in [7, 11) is 4.18. The number of benzene rings is 4. The van der Waals surface area contributed by atoms with Gasteiger partial charge in [0, 0.05) is 27.8 Å². The Morgan fingerprint density at radius 2 is 1.57 bits per heavy atom. The normalized spacial score (nSPS) is 17.4. The lowest BCUT2D eigenvalue weighted by atomic mass is 10.1. The predicted molar refractivity (Wildman–Crippen MR) is 179 cm³/mol. The Labute approximate surface area is 278 Å². The van der Waals surface area contributed by atoms with E-state index in [9.17, 15) is 0 Å². The summed E-state index contributed by atoms with van der Waals surface area (Å²) < 4.78 is 24.0. The van der Waals surface area contributed by atoms with E-state index in [1.165, 1.54) is 28.8 Å². The average Bonchev–Trinajstić information content (AvgIpc) is 3.80. The quantitative estimate of drug-likeness (QED) is 0.164. The van der Waals surface area contributed by atoms with Crippen LogP contribution in [0.15, 0.2) is 122 Å². The van der Waals surface area contributed by atoms with E-state index in [0.717, 1.165) is 0 Å². The third-order valence-electron chi connectivity index (χ3n) is 7.74. The molecule has 2 unspecified atom stereocenters. The number of aromatic nitrogens is 5. The molecule has 8 nitrogen and oxygen atoms in total. The van der Waals surface area contributed by atoms with Crippen LogP contribution >= 0.6 is 23.2 Å². The summed E-state index contributed by atoms with van der Waals surface area (Å²) in [6.07, 6.45) is 3.02. The minimum Gasteiger partial charge on any atom is -0.457 e. The van der Waals surface area contributed by atoms with E-state index in [-0.39, 0.29) is 6.10 Å². The lowest BCUT2D eigenvalue weighted by Gasteiger charge is -2.29. The first kappa shape index (κ1) is 31.5. The van der Waals surface area contributed by atoms with Gasteiger partial charge in [0.05, 0.1) is 24.8 Å². The van der Waals surface area contributed by atoms with Gasteiger partial charge in [-0.1, -0.05) is 71.7 Å². The zero-order chi connectivity index (χ0) is 32.1. The Bertz CT molecular complexity index is 1820. The van der Waals surface area contributed by atoms with Gasteiger partial charge in [-0.3, -0.25) is 0 Å². The summed E-state index contributed by atoms with van der Waals surface area (Å²) >= 11 is 12.5. The number of nitrogens with zero attached hydrogens (tertiary/aromatic N) is 5. The molecule has 2 aromatic heterocycles. The highest BCUT2D eigenvalue weighted by molar-refractivity contribution is 6.31. The molecule has 46 heavy (non-hydrogen) atoms. The smallest absolute Gasteiger partial charge is 0.238 e. The Balaban J connectivity index is 0.000000172. The zero-order valence-electron chi connectivity index (χ0n) is 25.8. The first-order valence-corrected chi connectivity index (χ1v) is 15.6. The van der Waals surface area contributed by atoms with Gasteiger partial charge in [-0.05, 0) is 61.5 Å². The summed E-state index contributed by atoms with van der Waals surface area (Å²) in [5.74, 6) is 0.249. The first-order valence-electron chi connectivity index (χ1n) is 14.9. The standard InChI is InChI=1S/C19H17Cl2N3O3.C17H17N2/c1-13-9-25-19(27-13,10-24-12-22-11-23-24)17-7-6-16(8-18(17)21)26-15-4-2-14(20)3-5-15;1-18-16(14-9-5-3-6-10-14)13-17(19(18)2)15-11-7-4-8-12-15/h2-8,11-13H,9-10H2,1H3;3-13H,1-2H3/q;+1. The fourth-order valence-electron chi connectivity index (χ4n) is 5.39. The van der Waals surface area contributed by atoms with Gasteiger partial charge < -0.3 is 14.2 Å². The van der Waals surface area contributed by atoms with Crippen LogP contribution in [0.25, 0.3) is 22.5 Å². The van der Waals surface area contributed by atoms with E-state index >= 15 is 0 Å². The molecule has 234 valence electrons. The van der Waals surface area contributed by atoms with Gasteiger partial charge in [-0.15, -0.1) is 4.68 Å². The second-order valence-electron chi connectivity index (χ2n) is 11.0. The molecule has 0 amide bonds. The SMILES string of the molecule is CC1COC(Cn2cncn2)(c2ccc(Oc3ccc(Cl)cc3)cc2Cl)O1.Cn1c(-c2ccccc2)cc(-c2ccccc2)[n+]1C. The fourth-order valence-corrected chi connectivity index (χ4v) is 5.83. The first-order chi connectivity index (χ1) is 22.3. The van der Waals surface area contributed by atoms with Crippen molar-refractivity contribution in [3.63, 3.8) is 0 Å². The highest BCUT2D eigenvalue weighted by Gasteiger charge is 2.44. The van der Waals surface area contributed by atoms with Crippen molar-refractivity contribution in [2.24, 2.45) is 14.1 Å². The molecule has 10 heteroatoms. The van der Waals surface area contributed by atoms with Crippen LogP contribution in [0.4, 0.5) is 0 Å². The van der Waals surface area contributed by atoms with Crippen molar-refractivity contribution < 1.29 is 18.9 Å². The number of hydrogen-bond donors (Lipinski definition) is 0. The maximum absolute atomic E-state index is 6.57. The average molecular weight is 656 g/mol. The van der Waals surface area contributed by atoms with E-state index in [4.69, 9.17) is 37.4 Å². The van der Waals surface area contributed by atoms with E-state index < -0.39 is 5.79 Å². The van der Waals surface area contributed by atoms with Crippen molar-refractivity contribution in [3.8, 4) is 34.0 Å². The van der Waals surface area contributed by atoms with Crippen molar-refractivity contribution in [3.05, 3.63) is 137 Å². The second kappa shape index (κ2) is 13.9. The van der Waals surface area contributed by atoms with Crippen molar-refractivity contribution in [2.45, 2.75) is 25.4 Å². The van der Waals surface area contributed by atoms with Gasteiger partial charge >= 0.3 is 0 Å². The van der Waals surface area contributed by atoms with Crippen LogP contribution in [-0.2, 0) is 35.9 Å². The number of rotatable bonds is 7. The van der Waals surface area contributed by atoms with Crippen molar-refractivity contribution in [2.75, 3.05) is 6.61 Å². The summed E-state index contributed by atoms with van der Waals surface area (Å²) in [5, 5.41) is 5.28. The van der Waals surface area contributed by atoms with Crippen LogP contribution in [0.5, 0.6) is 11.5 Å². The van der Waals surface area contributed by atoms with Crippen LogP contribution in [0.1, 0.15) is 12.5 Å². The van der Waals surface area contributed by atoms with Crippen molar-refractivity contribution >= 4 is 23.2 Å². The number of ether oxygens (including phenoxy) is 3. The van der Waals surface area contributed by atoms with Crippen LogP contribution in [0.3, 0.4) is 0 Å². The van der Waals surface area contributed by atoms with Crippen molar-refractivity contribution in [1.29, 1.82) is 0 Å². The maximum Gasteiger partial charge on any atom is 0.238 e. The molecule has 6 aromatic rings. The molecule has 0 spiro atoms. The second-order valence-corrected chi connectivity index (χ2v) is 11.8. The van der Waals surface area contributed by atoms with Crippen LogP contribution in [0.2, 0.25) is 10.0 Å². The van der Waals surface area contributed by atoms with Crippen LogP contribution in [0, 0.1) is 0 Å². The molecular formula is C36H34Cl2N5O3+. The van der Waals surface area contributed by atoms with E-state index in [1.807, 2.05) is 31.2 Å². The van der Waals surface area contributed by atoms with Gasteiger partial charge in [0.25, 0.3) is 0 Å². The van der Waals surface area contributed by atoms with E-state index in [2.05, 4.69) is 88.1 Å². The molecule has 1 fully saturated rings. The number of hydrogen-bond acceptors (Lipinski definition) is 5. The zero-order valence-corrected chi connectivity index (χ0v) is 27.3. The summed E-state index contributed by atoms with van der Waals surface area (Å²) in [6.45, 7) is 2.76. The lowest BCUT2D eigenvalue weighted by Crippen LogP contribution is -2.39. The Morgan fingerprint density at radius 3 is 2.17 bits per heavy atom. The minimum atomic E-state index is -1.02. The molecule has 4 aromatic carbocycles. The van der Waals surface area contributed by atoms with Crippen LogP contribution in [-0.4, -0.2) is 32.2 Å². The molecule has 0 aliphatic carbocycles. The third kappa shape index (κ3) is 7.00. The predicted octanol–water partition coefficient (Wildman–Crippen LogP) is 7.85. The molecular weight excluding hydrogens is 621 g/mol. The molecule has 2 atom stereocenters. The molecule has 1 aliphatic rings. The minimum absolute atomic E-state index is 0.0606. The largest absolute Gasteiger partial charge is 0.457 e. The van der Waals surface area contributed by atoms with Gasteiger partial charge in [0.15, 0.2) is 7.05 Å². The summed E-state index contributed by atoms with van der Waals surface area (Å²) in [5.41, 5.74) is 5.64. The summed E-state index contributed by atoms with van der Waals surface area (Å²) in [4.78, 5) is 3.98. The highest BCUT2D eigenvalue weighted by Crippen LogP contribution is 2.41. The van der Waals surface area contributed by atoms with Crippen molar-refractivity contribution in [1.82, 2.24) is 19.4 Å². The molecule has 0 N–H and O–H groups in total. The Kier molecular flexibility index (Phi) is 9.51. The molecule has 0 bridgehead atoms. The molecule has 7 rings (SSSR count). The van der Waals surface area contributed by atoms with Gasteiger partial charge in [-0.25, -0.2) is 9.67 Å². The molecule has 0 saturated carbocycles. The fraction of sp³-hybridized carbons (Fsp3) is 0.194. The van der Waals surface area contributed by atoms with Gasteiger partial charge in [-0.2, -0.15) is 9.78 Å². The highest BCUT2D eigenvalue weighted by atomic mass is 35.5. The Morgan fingerprint density at radius 1 is 0.891 bits per heavy atom. The van der Waals surface area contributed by atoms with E-state index in [1.54, 1.807) is 41.3 Å².